The molecule has 0 bridgehead atoms. The quantitative estimate of drug-likeness (QED) is 0.399. The molecule has 2 saturated heterocycles. The Morgan fingerprint density at radius 2 is 2.00 bits per heavy atom. The summed E-state index contributed by atoms with van der Waals surface area (Å²) in [6, 6.07) is 5.42. The lowest BCUT2D eigenvalue weighted by Crippen LogP contribution is -2.45. The maximum absolute atomic E-state index is 14.0. The number of benzene rings is 1. The van der Waals surface area contributed by atoms with Crippen LogP contribution in [0.2, 0.25) is 0 Å². The van der Waals surface area contributed by atoms with Gasteiger partial charge in [0.1, 0.15) is 17.7 Å². The Balaban J connectivity index is 1.51. The molecule has 0 amide bonds. The molecule has 1 atom stereocenters. The molecule has 0 unspecified atom stereocenters. The summed E-state index contributed by atoms with van der Waals surface area (Å²) < 4.78 is 67.6. The highest BCUT2D eigenvalue weighted by Crippen LogP contribution is 2.27. The number of anilines is 2. The molecule has 0 spiro atoms. The van der Waals surface area contributed by atoms with Crippen LogP contribution in [-0.4, -0.2) is 60.8 Å². The number of hydrogen-bond donors (Lipinski definition) is 2. The van der Waals surface area contributed by atoms with Crippen LogP contribution in [0.5, 0.6) is 0 Å². The predicted octanol–water partition coefficient (Wildman–Crippen LogP) is 2.97. The molecule has 0 saturated carbocycles. The van der Waals surface area contributed by atoms with Gasteiger partial charge in [0, 0.05) is 37.0 Å². The van der Waals surface area contributed by atoms with Crippen LogP contribution in [0, 0.1) is 11.6 Å². The first kappa shape index (κ1) is 24.1. The average molecular weight is 502 g/mol. The second kappa shape index (κ2) is 9.66. The fourth-order valence-corrected chi connectivity index (χ4v) is 5.31. The van der Waals surface area contributed by atoms with Crippen molar-refractivity contribution in [2.75, 3.05) is 36.3 Å². The number of thioether (sulfide) groups is 1. The second-order valence-corrected chi connectivity index (χ2v) is 10.7. The highest BCUT2D eigenvalue weighted by Gasteiger charge is 2.32. The fourth-order valence-electron chi connectivity index (χ4n) is 3.24. The van der Waals surface area contributed by atoms with E-state index in [4.69, 9.17) is 9.47 Å². The maximum Gasteiger partial charge on any atom is 0.302 e. The van der Waals surface area contributed by atoms with Crippen LogP contribution in [-0.2, 0) is 25.4 Å². The lowest BCUT2D eigenvalue weighted by atomic mass is 10.2. The average Bonchev–Trinajstić information content (AvgIpc) is 3.04. The van der Waals surface area contributed by atoms with Crippen molar-refractivity contribution < 1.29 is 26.7 Å². The molecule has 1 aromatic carbocycles. The summed E-state index contributed by atoms with van der Waals surface area (Å²) in [7, 11) is -3.73. The monoisotopic (exact) mass is 501 g/mol. The molecule has 2 fully saturated rings. The molecule has 33 heavy (non-hydrogen) atoms. The molecule has 0 radical (unpaired) electrons. The molecule has 4 rings (SSSR count). The molecule has 9 nitrogen and oxygen atoms in total. The standard InChI is InChI=1S/C20H25F2N5O4S2/c1-20(2)30-11-14(31-20)10-23-16-9-17(26-33(28,29)27-7-4-8-27)25-19(24-16)32-12-13-5-3-6-15(21)18(13)22/h3,5-6,9,14H,4,7-8,10-12H2,1-2H3,(H2,23,24,25,26)/t14-/m0/s1. The van der Waals surface area contributed by atoms with Gasteiger partial charge in [0.2, 0.25) is 0 Å². The molecule has 2 N–H and O–H groups in total. The fraction of sp³-hybridized carbons (Fsp3) is 0.500. The van der Waals surface area contributed by atoms with Gasteiger partial charge in [-0.3, -0.25) is 4.72 Å². The lowest BCUT2D eigenvalue weighted by Gasteiger charge is -2.29. The number of halogens is 2. The molecule has 2 aromatic rings. The van der Waals surface area contributed by atoms with Crippen LogP contribution in [0.3, 0.4) is 0 Å². The van der Waals surface area contributed by atoms with E-state index in [-0.39, 0.29) is 28.4 Å². The van der Waals surface area contributed by atoms with Gasteiger partial charge in [-0.2, -0.15) is 12.7 Å². The molecule has 3 heterocycles. The van der Waals surface area contributed by atoms with E-state index in [9.17, 15) is 17.2 Å². The molecule has 13 heteroatoms. The predicted molar refractivity (Wildman–Crippen MR) is 120 cm³/mol. The Kier molecular flexibility index (Phi) is 7.05. The third-order valence-electron chi connectivity index (χ3n) is 5.06. The molecule has 2 aliphatic heterocycles. The van der Waals surface area contributed by atoms with Crippen molar-refractivity contribution in [1.29, 1.82) is 0 Å². The van der Waals surface area contributed by atoms with Gasteiger partial charge in [0.25, 0.3) is 0 Å². The summed E-state index contributed by atoms with van der Waals surface area (Å²) in [6.45, 7) is 5.31. The van der Waals surface area contributed by atoms with Crippen molar-refractivity contribution in [3.63, 3.8) is 0 Å². The largest absolute Gasteiger partial charge is 0.367 e. The van der Waals surface area contributed by atoms with E-state index in [1.807, 2.05) is 13.8 Å². The van der Waals surface area contributed by atoms with Crippen LogP contribution < -0.4 is 10.0 Å². The van der Waals surface area contributed by atoms with E-state index in [0.717, 1.165) is 24.2 Å². The summed E-state index contributed by atoms with van der Waals surface area (Å²) >= 11 is 1.06. The van der Waals surface area contributed by atoms with Gasteiger partial charge in [0.05, 0.1) is 6.61 Å². The Morgan fingerprint density at radius 1 is 1.24 bits per heavy atom. The first-order chi connectivity index (χ1) is 15.6. The molecule has 1 aromatic heterocycles. The van der Waals surface area contributed by atoms with Gasteiger partial charge in [-0.15, -0.1) is 0 Å². The number of aromatic nitrogens is 2. The molecule has 2 aliphatic rings. The van der Waals surface area contributed by atoms with E-state index in [1.165, 1.54) is 22.5 Å². The van der Waals surface area contributed by atoms with Crippen LogP contribution in [0.25, 0.3) is 0 Å². The summed E-state index contributed by atoms with van der Waals surface area (Å²) in [5, 5.41) is 3.32. The van der Waals surface area contributed by atoms with E-state index < -0.39 is 27.6 Å². The van der Waals surface area contributed by atoms with Gasteiger partial charge in [-0.1, -0.05) is 23.9 Å². The minimum Gasteiger partial charge on any atom is -0.367 e. The summed E-state index contributed by atoms with van der Waals surface area (Å²) in [5.41, 5.74) is 0.156. The highest BCUT2D eigenvalue weighted by atomic mass is 32.2. The minimum atomic E-state index is -3.73. The topological polar surface area (TPSA) is 106 Å². The van der Waals surface area contributed by atoms with Crippen molar-refractivity contribution in [3.05, 3.63) is 41.5 Å². The van der Waals surface area contributed by atoms with E-state index in [0.29, 0.717) is 32.1 Å². The van der Waals surface area contributed by atoms with Crippen LogP contribution in [0.4, 0.5) is 20.4 Å². The Labute approximate surface area is 195 Å². The molecular weight excluding hydrogens is 476 g/mol. The van der Waals surface area contributed by atoms with Crippen molar-refractivity contribution in [2.24, 2.45) is 0 Å². The zero-order valence-electron chi connectivity index (χ0n) is 18.2. The lowest BCUT2D eigenvalue weighted by molar-refractivity contribution is -0.136. The Bertz CT molecular complexity index is 1120. The maximum atomic E-state index is 14.0. The van der Waals surface area contributed by atoms with Gasteiger partial charge >= 0.3 is 10.2 Å². The summed E-state index contributed by atoms with van der Waals surface area (Å²) in [6.07, 6.45) is 0.589. The van der Waals surface area contributed by atoms with Crippen LogP contribution >= 0.6 is 11.8 Å². The Hall–Kier alpha value is -2.06. The number of nitrogens with one attached hydrogen (secondary N) is 2. The van der Waals surface area contributed by atoms with Crippen LogP contribution in [0.1, 0.15) is 25.8 Å². The van der Waals surface area contributed by atoms with E-state index in [1.54, 1.807) is 0 Å². The summed E-state index contributed by atoms with van der Waals surface area (Å²) in [5.74, 6) is -2.04. The third kappa shape index (κ3) is 6.09. The normalized spacial score (nSPS) is 20.4. The zero-order chi connectivity index (χ0) is 23.6. The SMILES string of the molecule is CC1(C)OC[C@H](CNc2cc(NS(=O)(=O)N3CCC3)nc(SCc3cccc(F)c3F)n2)O1. The number of ether oxygens (including phenoxy) is 2. The van der Waals surface area contributed by atoms with Gasteiger partial charge in [-0.05, 0) is 26.3 Å². The first-order valence-electron chi connectivity index (χ1n) is 10.4. The second-order valence-electron chi connectivity index (χ2n) is 8.11. The number of nitrogens with zero attached hydrogens (tertiary/aromatic N) is 3. The van der Waals surface area contributed by atoms with Gasteiger partial charge in [-0.25, -0.2) is 18.7 Å². The van der Waals surface area contributed by atoms with Crippen molar-refractivity contribution >= 4 is 33.6 Å². The first-order valence-corrected chi connectivity index (χ1v) is 12.8. The van der Waals surface area contributed by atoms with E-state index in [2.05, 4.69) is 20.0 Å². The minimum absolute atomic E-state index is 0.0686. The van der Waals surface area contributed by atoms with Crippen molar-refractivity contribution in [2.45, 2.75) is 43.1 Å². The number of hydrogen-bond acceptors (Lipinski definition) is 8. The molecule has 180 valence electrons. The molecule has 0 aliphatic carbocycles. The number of rotatable bonds is 9. The van der Waals surface area contributed by atoms with Crippen LogP contribution in [0.15, 0.2) is 29.4 Å². The summed E-state index contributed by atoms with van der Waals surface area (Å²) in [4.78, 5) is 8.64. The zero-order valence-corrected chi connectivity index (χ0v) is 19.8. The third-order valence-corrected chi connectivity index (χ3v) is 7.47. The van der Waals surface area contributed by atoms with E-state index >= 15 is 0 Å². The van der Waals surface area contributed by atoms with Gasteiger partial charge < -0.3 is 14.8 Å². The Morgan fingerprint density at radius 3 is 2.67 bits per heavy atom. The van der Waals surface area contributed by atoms with Crippen molar-refractivity contribution in [3.8, 4) is 0 Å². The smallest absolute Gasteiger partial charge is 0.302 e. The highest BCUT2D eigenvalue weighted by molar-refractivity contribution is 7.98. The molecular formula is C20H25F2N5O4S2. The van der Waals surface area contributed by atoms with Gasteiger partial charge in [0.15, 0.2) is 22.6 Å². The van der Waals surface area contributed by atoms with Crippen molar-refractivity contribution in [1.82, 2.24) is 14.3 Å².